The van der Waals surface area contributed by atoms with Crippen LogP contribution in [0.5, 0.6) is 5.75 Å². The Labute approximate surface area is 147 Å². The first-order valence-corrected chi connectivity index (χ1v) is 7.90. The highest BCUT2D eigenvalue weighted by Gasteiger charge is 2.25. The van der Waals surface area contributed by atoms with Crippen LogP contribution in [0.3, 0.4) is 0 Å². The Morgan fingerprint density at radius 2 is 1.65 bits per heavy atom. The molecule has 0 atom stereocenters. The Morgan fingerprint density at radius 1 is 1.15 bits per heavy atom. The third-order valence-corrected chi connectivity index (χ3v) is 4.29. The minimum atomic E-state index is -0.500. The third kappa shape index (κ3) is 3.28. The molecule has 1 aliphatic rings. The largest absolute Gasteiger partial charge is 0.495 e. The lowest BCUT2D eigenvalue weighted by Gasteiger charge is -2.16. The van der Waals surface area contributed by atoms with Crippen molar-refractivity contribution in [3.05, 3.63) is 30.4 Å². The average Bonchev–Trinajstić information content (AvgIpc) is 2.33. The predicted molar refractivity (Wildman–Crippen MR) is 95.3 cm³/mol. The number of rotatable bonds is 2. The maximum Gasteiger partial charge on any atom is 0.263 e. The van der Waals surface area contributed by atoms with E-state index in [0.717, 1.165) is 18.5 Å². The lowest BCUT2D eigenvalue weighted by molar-refractivity contribution is -0.123. The molecule has 0 aromatic heterocycles. The zero-order valence-electron chi connectivity index (χ0n) is 10.1. The van der Waals surface area contributed by atoms with Gasteiger partial charge in [0, 0.05) is 0 Å². The van der Waals surface area contributed by atoms with E-state index in [2.05, 4.69) is 55.8 Å². The summed E-state index contributed by atoms with van der Waals surface area (Å²) in [6.07, 6.45) is 1.52. The van der Waals surface area contributed by atoms with Crippen LogP contribution in [0.4, 0.5) is 0 Å². The molecule has 1 fully saturated rings. The van der Waals surface area contributed by atoms with Crippen molar-refractivity contribution in [3.8, 4) is 5.75 Å². The van der Waals surface area contributed by atoms with Crippen LogP contribution in [0.15, 0.2) is 17.7 Å². The highest BCUT2D eigenvalue weighted by atomic mass is 127. The van der Waals surface area contributed by atoms with Crippen LogP contribution in [0.2, 0.25) is 0 Å². The first-order chi connectivity index (χ1) is 9.42. The predicted octanol–water partition coefficient (Wildman–Crippen LogP) is 1.82. The van der Waals surface area contributed by atoms with Gasteiger partial charge in [-0.1, -0.05) is 0 Å². The number of thiocarbonyl (C=S) groups is 1. The minimum Gasteiger partial charge on any atom is -0.495 e. The van der Waals surface area contributed by atoms with Crippen LogP contribution in [0.1, 0.15) is 5.56 Å². The van der Waals surface area contributed by atoms with E-state index in [-0.39, 0.29) is 10.7 Å². The molecule has 1 heterocycles. The molecule has 0 spiro atoms. The van der Waals surface area contributed by atoms with Gasteiger partial charge < -0.3 is 4.74 Å². The number of hydrogen-bond donors (Lipinski definition) is 2. The summed E-state index contributed by atoms with van der Waals surface area (Å²) in [5, 5.41) is 4.82. The first kappa shape index (κ1) is 15.6. The van der Waals surface area contributed by atoms with Crippen LogP contribution in [-0.2, 0) is 9.59 Å². The van der Waals surface area contributed by atoms with Crippen molar-refractivity contribution in [3.63, 3.8) is 0 Å². The molecule has 0 aliphatic carbocycles. The zero-order chi connectivity index (χ0) is 14.9. The van der Waals surface area contributed by atoms with Crippen molar-refractivity contribution >= 4 is 80.4 Å². The summed E-state index contributed by atoms with van der Waals surface area (Å²) < 4.78 is 7.06. The average molecular weight is 514 g/mol. The highest BCUT2D eigenvalue weighted by Crippen LogP contribution is 2.29. The molecule has 0 saturated carbocycles. The molecule has 1 aromatic rings. The number of ether oxygens (including phenoxy) is 1. The van der Waals surface area contributed by atoms with Gasteiger partial charge in [-0.2, -0.15) is 0 Å². The van der Waals surface area contributed by atoms with Crippen molar-refractivity contribution < 1.29 is 14.3 Å². The second-order valence-corrected chi connectivity index (χ2v) is 6.55. The topological polar surface area (TPSA) is 67.4 Å². The zero-order valence-corrected chi connectivity index (χ0v) is 15.3. The Hall–Kier alpha value is -0.750. The minimum absolute atomic E-state index is 0.0235. The Kier molecular flexibility index (Phi) is 4.96. The van der Waals surface area contributed by atoms with Gasteiger partial charge in [-0.05, 0) is 81.2 Å². The maximum absolute atomic E-state index is 11.8. The molecule has 1 saturated heterocycles. The van der Waals surface area contributed by atoms with Gasteiger partial charge in [0.05, 0.1) is 14.3 Å². The van der Waals surface area contributed by atoms with E-state index >= 15 is 0 Å². The lowest BCUT2D eigenvalue weighted by Crippen LogP contribution is -2.51. The van der Waals surface area contributed by atoms with Gasteiger partial charge in [-0.15, -0.1) is 0 Å². The van der Waals surface area contributed by atoms with E-state index in [1.54, 1.807) is 7.11 Å². The summed E-state index contributed by atoms with van der Waals surface area (Å²) in [6, 6.07) is 3.67. The Morgan fingerprint density at radius 3 is 2.10 bits per heavy atom. The monoisotopic (exact) mass is 514 g/mol. The third-order valence-electron chi connectivity index (χ3n) is 2.48. The van der Waals surface area contributed by atoms with Crippen LogP contribution in [0, 0.1) is 7.14 Å². The van der Waals surface area contributed by atoms with Gasteiger partial charge in [-0.25, -0.2) is 0 Å². The van der Waals surface area contributed by atoms with Gasteiger partial charge in [-0.3, -0.25) is 20.2 Å². The van der Waals surface area contributed by atoms with Crippen molar-refractivity contribution in [2.45, 2.75) is 0 Å². The molecular formula is C12H8I2N2O3S. The number of carbonyl (C=O) groups is 2. The normalized spacial score (nSPS) is 14.8. The van der Waals surface area contributed by atoms with Crippen LogP contribution in [0.25, 0.3) is 6.08 Å². The summed E-state index contributed by atoms with van der Waals surface area (Å²) in [5.74, 6) is -0.230. The molecule has 0 bridgehead atoms. The molecule has 20 heavy (non-hydrogen) atoms. The molecular weight excluding hydrogens is 506 g/mol. The summed E-state index contributed by atoms with van der Waals surface area (Å²) in [7, 11) is 1.60. The molecule has 8 heteroatoms. The summed E-state index contributed by atoms with van der Waals surface area (Å²) in [6.45, 7) is 0. The smallest absolute Gasteiger partial charge is 0.263 e. The van der Waals surface area contributed by atoms with Crippen molar-refractivity contribution in [1.82, 2.24) is 10.6 Å². The molecule has 2 N–H and O–H groups in total. The number of hydrogen-bond acceptors (Lipinski definition) is 4. The number of carbonyl (C=O) groups excluding carboxylic acids is 2. The van der Waals surface area contributed by atoms with Gasteiger partial charge in [0.15, 0.2) is 5.11 Å². The van der Waals surface area contributed by atoms with E-state index in [0.29, 0.717) is 0 Å². The highest BCUT2D eigenvalue weighted by molar-refractivity contribution is 14.1. The fraction of sp³-hybridized carbons (Fsp3) is 0.0833. The molecule has 0 radical (unpaired) electrons. The molecule has 5 nitrogen and oxygen atoms in total. The fourth-order valence-electron chi connectivity index (χ4n) is 1.63. The first-order valence-electron chi connectivity index (χ1n) is 5.33. The van der Waals surface area contributed by atoms with E-state index in [4.69, 9.17) is 17.0 Å². The Bertz CT molecular complexity index is 613. The standard InChI is InChI=1S/C12H8I2N2O3S/c1-19-9-7(13)3-5(4-8(9)14)2-6-10(17)15-12(20)16-11(6)18/h2-4H,1H3,(H2,15,16,17,18,20). The van der Waals surface area contributed by atoms with Crippen LogP contribution in [-0.4, -0.2) is 24.0 Å². The molecule has 104 valence electrons. The second kappa shape index (κ2) is 6.35. The molecule has 1 aromatic carbocycles. The molecule has 2 rings (SSSR count). The lowest BCUT2D eigenvalue weighted by atomic mass is 10.1. The SMILES string of the molecule is COc1c(I)cc(C=C2C(=O)NC(=S)NC2=O)cc1I. The number of halogens is 2. The van der Waals surface area contributed by atoms with Crippen molar-refractivity contribution in [1.29, 1.82) is 0 Å². The number of methoxy groups -OCH3 is 1. The summed E-state index contributed by atoms with van der Waals surface area (Å²) in [5.41, 5.74) is 0.767. The van der Waals surface area contributed by atoms with E-state index in [1.165, 1.54) is 6.08 Å². The van der Waals surface area contributed by atoms with E-state index < -0.39 is 11.8 Å². The number of benzene rings is 1. The summed E-state index contributed by atoms with van der Waals surface area (Å²) >= 11 is 9.02. The fourth-order valence-corrected chi connectivity index (χ4v) is 4.07. The van der Waals surface area contributed by atoms with Crippen LogP contribution >= 0.6 is 57.4 Å². The Balaban J connectivity index is 2.42. The van der Waals surface area contributed by atoms with Gasteiger partial charge in [0.1, 0.15) is 11.3 Å². The van der Waals surface area contributed by atoms with Gasteiger partial charge in [0.2, 0.25) is 0 Å². The van der Waals surface area contributed by atoms with Crippen molar-refractivity contribution in [2.75, 3.05) is 7.11 Å². The second-order valence-electron chi connectivity index (χ2n) is 3.81. The van der Waals surface area contributed by atoms with Gasteiger partial charge >= 0.3 is 0 Å². The summed E-state index contributed by atoms with van der Waals surface area (Å²) in [4.78, 5) is 23.5. The van der Waals surface area contributed by atoms with E-state index in [1.807, 2.05) is 12.1 Å². The molecule has 0 unspecified atom stereocenters. The number of nitrogens with one attached hydrogen (secondary N) is 2. The van der Waals surface area contributed by atoms with Gasteiger partial charge in [0.25, 0.3) is 11.8 Å². The van der Waals surface area contributed by atoms with E-state index in [9.17, 15) is 9.59 Å². The maximum atomic E-state index is 11.8. The molecule has 1 aliphatic heterocycles. The quantitative estimate of drug-likeness (QED) is 0.274. The van der Waals surface area contributed by atoms with Crippen LogP contribution < -0.4 is 15.4 Å². The van der Waals surface area contributed by atoms with Crippen molar-refractivity contribution in [2.24, 2.45) is 0 Å². The molecule has 2 amide bonds. The number of amides is 2.